The molecule has 150 valence electrons. The van der Waals surface area contributed by atoms with Crippen LogP contribution in [0.2, 0.25) is 0 Å². The van der Waals surface area contributed by atoms with Gasteiger partial charge in [-0.2, -0.15) is 0 Å². The van der Waals surface area contributed by atoms with E-state index in [-0.39, 0.29) is 24.2 Å². The van der Waals surface area contributed by atoms with Gasteiger partial charge in [0, 0.05) is 18.3 Å². The summed E-state index contributed by atoms with van der Waals surface area (Å²) in [5, 5.41) is 0. The van der Waals surface area contributed by atoms with Crippen molar-refractivity contribution >= 4 is 17.0 Å². The third kappa shape index (κ3) is 3.45. The van der Waals surface area contributed by atoms with Gasteiger partial charge in [-0.15, -0.1) is 0 Å². The molecular weight excluding hydrogens is 381 g/mol. The predicted molar refractivity (Wildman–Crippen MR) is 110 cm³/mol. The Morgan fingerprint density at radius 3 is 2.83 bits per heavy atom. The summed E-state index contributed by atoms with van der Waals surface area (Å²) < 4.78 is 19.8. The molecule has 0 saturated carbocycles. The zero-order valence-electron chi connectivity index (χ0n) is 16.3. The summed E-state index contributed by atoms with van der Waals surface area (Å²) in [4.78, 5) is 24.0. The van der Waals surface area contributed by atoms with E-state index in [4.69, 9.17) is 4.42 Å². The molecule has 2 aromatic heterocycles. The van der Waals surface area contributed by atoms with E-state index in [9.17, 15) is 9.18 Å². The van der Waals surface area contributed by atoms with Crippen LogP contribution in [0.25, 0.3) is 11.1 Å². The number of halogens is 1. The average Bonchev–Trinajstić information content (AvgIpc) is 3.41. The Bertz CT molecular complexity index is 1210. The van der Waals surface area contributed by atoms with Crippen LogP contribution in [-0.4, -0.2) is 27.3 Å². The SMILES string of the molecule is O=C(c1ccc2nc(Cc3ccccc3F)oc2c1)N1CCC[C@@H]1c1ccccn1. The average molecular weight is 401 g/mol. The van der Waals surface area contributed by atoms with Crippen molar-refractivity contribution in [3.8, 4) is 0 Å². The Labute approximate surface area is 173 Å². The smallest absolute Gasteiger partial charge is 0.254 e. The van der Waals surface area contributed by atoms with E-state index in [1.807, 2.05) is 23.1 Å². The monoisotopic (exact) mass is 401 g/mol. The van der Waals surface area contributed by atoms with Crippen LogP contribution >= 0.6 is 0 Å². The largest absolute Gasteiger partial charge is 0.440 e. The summed E-state index contributed by atoms with van der Waals surface area (Å²) in [6.45, 7) is 0.701. The normalized spacial score (nSPS) is 16.3. The number of hydrogen-bond donors (Lipinski definition) is 0. The van der Waals surface area contributed by atoms with Gasteiger partial charge in [0.05, 0.1) is 18.2 Å². The number of likely N-dealkylation sites (tertiary alicyclic amines) is 1. The number of hydrogen-bond acceptors (Lipinski definition) is 4. The first kappa shape index (κ1) is 18.5. The van der Waals surface area contributed by atoms with Crippen LogP contribution in [0.5, 0.6) is 0 Å². The molecule has 0 N–H and O–H groups in total. The lowest BCUT2D eigenvalue weighted by Crippen LogP contribution is -2.30. The fourth-order valence-corrected chi connectivity index (χ4v) is 4.04. The molecule has 0 aliphatic carbocycles. The maximum atomic E-state index is 13.9. The molecule has 1 aliphatic heterocycles. The molecule has 1 atom stereocenters. The zero-order valence-corrected chi connectivity index (χ0v) is 16.3. The van der Waals surface area contributed by atoms with Gasteiger partial charge in [0.25, 0.3) is 5.91 Å². The van der Waals surface area contributed by atoms with Crippen molar-refractivity contribution in [1.29, 1.82) is 0 Å². The highest BCUT2D eigenvalue weighted by Gasteiger charge is 2.31. The number of carbonyl (C=O) groups is 1. The fourth-order valence-electron chi connectivity index (χ4n) is 4.04. The van der Waals surface area contributed by atoms with Gasteiger partial charge in [0.15, 0.2) is 11.5 Å². The number of rotatable bonds is 4. The van der Waals surface area contributed by atoms with Gasteiger partial charge in [-0.05, 0) is 54.8 Å². The number of pyridine rings is 1. The highest BCUT2D eigenvalue weighted by atomic mass is 19.1. The number of oxazole rings is 1. The number of fused-ring (bicyclic) bond motifs is 1. The second-order valence-corrected chi connectivity index (χ2v) is 7.47. The van der Waals surface area contributed by atoms with Crippen LogP contribution in [0.1, 0.15) is 46.4 Å². The van der Waals surface area contributed by atoms with Crippen LogP contribution in [-0.2, 0) is 6.42 Å². The third-order valence-electron chi connectivity index (χ3n) is 5.52. The molecule has 5 rings (SSSR count). The molecule has 4 aromatic rings. The van der Waals surface area contributed by atoms with Gasteiger partial charge in [0.2, 0.25) is 0 Å². The Balaban J connectivity index is 1.41. The number of aromatic nitrogens is 2. The van der Waals surface area contributed by atoms with Crippen molar-refractivity contribution in [2.75, 3.05) is 6.54 Å². The molecular formula is C24H20FN3O2. The molecule has 0 bridgehead atoms. The molecule has 5 nitrogen and oxygen atoms in total. The Morgan fingerprint density at radius 1 is 1.13 bits per heavy atom. The first-order chi connectivity index (χ1) is 14.7. The lowest BCUT2D eigenvalue weighted by Gasteiger charge is -2.24. The summed E-state index contributed by atoms with van der Waals surface area (Å²) in [6.07, 6.45) is 3.87. The molecule has 1 amide bonds. The Morgan fingerprint density at radius 2 is 2.00 bits per heavy atom. The minimum Gasteiger partial charge on any atom is -0.440 e. The summed E-state index contributed by atoms with van der Waals surface area (Å²) in [6, 6.07) is 17.6. The predicted octanol–water partition coefficient (Wildman–Crippen LogP) is 4.93. The fraction of sp³-hybridized carbons (Fsp3) is 0.208. The van der Waals surface area contributed by atoms with E-state index in [0.717, 1.165) is 18.5 Å². The zero-order chi connectivity index (χ0) is 20.5. The van der Waals surface area contributed by atoms with E-state index < -0.39 is 0 Å². The molecule has 0 unspecified atom stereocenters. The minimum atomic E-state index is -0.287. The maximum Gasteiger partial charge on any atom is 0.254 e. The van der Waals surface area contributed by atoms with Crippen molar-refractivity contribution < 1.29 is 13.6 Å². The highest BCUT2D eigenvalue weighted by molar-refractivity contribution is 5.97. The molecule has 6 heteroatoms. The molecule has 2 aromatic carbocycles. The second-order valence-electron chi connectivity index (χ2n) is 7.47. The summed E-state index contributed by atoms with van der Waals surface area (Å²) >= 11 is 0. The molecule has 3 heterocycles. The Hall–Kier alpha value is -3.54. The first-order valence-electron chi connectivity index (χ1n) is 10.0. The standard InChI is InChI=1S/C24H20FN3O2/c25-18-7-2-1-6-16(18)15-23-27-20-11-10-17(14-22(20)30-23)24(29)28-13-5-9-21(28)19-8-3-4-12-26-19/h1-4,6-8,10-12,14,21H,5,9,13,15H2/t21-/m1/s1. The first-order valence-corrected chi connectivity index (χ1v) is 10.0. The number of amides is 1. The maximum absolute atomic E-state index is 13.9. The van der Waals surface area contributed by atoms with E-state index in [0.29, 0.717) is 34.7 Å². The summed E-state index contributed by atoms with van der Waals surface area (Å²) in [7, 11) is 0. The van der Waals surface area contributed by atoms with Gasteiger partial charge >= 0.3 is 0 Å². The van der Waals surface area contributed by atoms with Crippen molar-refractivity contribution in [1.82, 2.24) is 14.9 Å². The lowest BCUT2D eigenvalue weighted by atomic mass is 10.1. The number of benzene rings is 2. The molecule has 30 heavy (non-hydrogen) atoms. The quantitative estimate of drug-likeness (QED) is 0.487. The topological polar surface area (TPSA) is 59.2 Å². The highest BCUT2D eigenvalue weighted by Crippen LogP contribution is 2.32. The van der Waals surface area contributed by atoms with Crippen molar-refractivity contribution in [3.05, 3.63) is 95.4 Å². The van der Waals surface area contributed by atoms with Crippen LogP contribution < -0.4 is 0 Å². The molecule has 1 aliphatic rings. The van der Waals surface area contributed by atoms with Crippen molar-refractivity contribution in [2.45, 2.75) is 25.3 Å². The Kier molecular flexibility index (Phi) is 4.75. The van der Waals surface area contributed by atoms with Crippen molar-refractivity contribution in [2.24, 2.45) is 0 Å². The van der Waals surface area contributed by atoms with E-state index in [1.54, 1.807) is 42.6 Å². The lowest BCUT2D eigenvalue weighted by molar-refractivity contribution is 0.0733. The van der Waals surface area contributed by atoms with Crippen LogP contribution in [0, 0.1) is 5.82 Å². The van der Waals surface area contributed by atoms with Gasteiger partial charge < -0.3 is 9.32 Å². The van der Waals surface area contributed by atoms with Crippen molar-refractivity contribution in [3.63, 3.8) is 0 Å². The molecule has 0 radical (unpaired) electrons. The van der Waals surface area contributed by atoms with Gasteiger partial charge in [-0.3, -0.25) is 9.78 Å². The minimum absolute atomic E-state index is 0.0132. The second kappa shape index (κ2) is 7.71. The van der Waals surface area contributed by atoms with Crippen LogP contribution in [0.4, 0.5) is 4.39 Å². The van der Waals surface area contributed by atoms with Crippen LogP contribution in [0.15, 0.2) is 71.3 Å². The third-order valence-corrected chi connectivity index (χ3v) is 5.52. The van der Waals surface area contributed by atoms with E-state index in [2.05, 4.69) is 9.97 Å². The van der Waals surface area contributed by atoms with Gasteiger partial charge in [-0.25, -0.2) is 9.37 Å². The van der Waals surface area contributed by atoms with Crippen LogP contribution in [0.3, 0.4) is 0 Å². The number of nitrogens with zero attached hydrogens (tertiary/aromatic N) is 3. The molecule has 0 spiro atoms. The van der Waals surface area contributed by atoms with E-state index >= 15 is 0 Å². The summed E-state index contributed by atoms with van der Waals surface area (Å²) in [5.74, 6) is 0.0922. The molecule has 1 fully saturated rings. The van der Waals surface area contributed by atoms with E-state index in [1.165, 1.54) is 6.07 Å². The summed E-state index contributed by atoms with van der Waals surface area (Å²) in [5.41, 5.74) is 3.17. The van der Waals surface area contributed by atoms with Gasteiger partial charge in [-0.1, -0.05) is 24.3 Å². The number of carbonyl (C=O) groups excluding carboxylic acids is 1. The van der Waals surface area contributed by atoms with Gasteiger partial charge in [0.1, 0.15) is 11.3 Å². The molecule has 1 saturated heterocycles.